The Hall–Kier alpha value is -4.32. The number of hydrogen-bond acceptors (Lipinski definition) is 6. The average Bonchev–Trinajstić information content (AvgIpc) is 2.82. The van der Waals surface area contributed by atoms with E-state index >= 15 is 0 Å². The van der Waals surface area contributed by atoms with Crippen molar-refractivity contribution in [2.75, 3.05) is 0 Å². The van der Waals surface area contributed by atoms with Crippen LogP contribution < -0.4 is 10.9 Å². The van der Waals surface area contributed by atoms with Gasteiger partial charge in [0.15, 0.2) is 0 Å². The molecule has 3 aromatic rings. The van der Waals surface area contributed by atoms with E-state index in [2.05, 4.69) is 10.3 Å². The fraction of sp³-hybridized carbons (Fsp3) is 0.280. The molecule has 0 spiro atoms. The summed E-state index contributed by atoms with van der Waals surface area (Å²) >= 11 is 0. The molecule has 1 heterocycles. The summed E-state index contributed by atoms with van der Waals surface area (Å²) in [5.41, 5.74) is 1.72. The molecule has 1 amide bonds. The predicted molar refractivity (Wildman–Crippen MR) is 127 cm³/mol. The van der Waals surface area contributed by atoms with Crippen LogP contribution in [0.25, 0.3) is 11.3 Å². The molecule has 0 saturated heterocycles. The van der Waals surface area contributed by atoms with Crippen molar-refractivity contribution in [3.8, 4) is 17.3 Å². The first kappa shape index (κ1) is 24.3. The third kappa shape index (κ3) is 5.72. The number of non-ortho nitro benzene ring substituents is 1. The van der Waals surface area contributed by atoms with Gasteiger partial charge in [-0.3, -0.25) is 24.3 Å². The fourth-order valence-electron chi connectivity index (χ4n) is 3.57. The van der Waals surface area contributed by atoms with Gasteiger partial charge in [0.2, 0.25) is 5.91 Å². The lowest BCUT2D eigenvalue weighted by molar-refractivity contribution is -0.384. The maximum Gasteiger partial charge on any atom is 0.270 e. The molecule has 0 aliphatic carbocycles. The van der Waals surface area contributed by atoms with Crippen LogP contribution in [0.3, 0.4) is 0 Å². The second-order valence-electron chi connectivity index (χ2n) is 8.37. The van der Waals surface area contributed by atoms with Crippen LogP contribution in [0.5, 0.6) is 0 Å². The van der Waals surface area contributed by atoms with Crippen molar-refractivity contribution in [2.24, 2.45) is 5.92 Å². The minimum absolute atomic E-state index is 0.125. The molecule has 0 aliphatic rings. The Morgan fingerprint density at radius 3 is 2.56 bits per heavy atom. The highest BCUT2D eigenvalue weighted by molar-refractivity contribution is 5.81. The van der Waals surface area contributed by atoms with Gasteiger partial charge in [-0.1, -0.05) is 38.1 Å². The van der Waals surface area contributed by atoms with Gasteiger partial charge in [-0.2, -0.15) is 5.26 Å². The summed E-state index contributed by atoms with van der Waals surface area (Å²) in [7, 11) is 0. The van der Waals surface area contributed by atoms with Gasteiger partial charge in [-0.25, -0.2) is 4.98 Å². The Labute approximate surface area is 196 Å². The van der Waals surface area contributed by atoms with E-state index in [0.717, 1.165) is 5.56 Å². The van der Waals surface area contributed by atoms with Crippen molar-refractivity contribution < 1.29 is 9.72 Å². The van der Waals surface area contributed by atoms with Crippen molar-refractivity contribution in [1.82, 2.24) is 14.9 Å². The molecule has 9 nitrogen and oxygen atoms in total. The van der Waals surface area contributed by atoms with Gasteiger partial charge in [0, 0.05) is 30.8 Å². The second kappa shape index (κ2) is 10.5. The highest BCUT2D eigenvalue weighted by atomic mass is 16.6. The third-order valence-electron chi connectivity index (χ3n) is 5.24. The molecule has 9 heteroatoms. The van der Waals surface area contributed by atoms with Crippen LogP contribution in [0.15, 0.2) is 53.3 Å². The highest BCUT2D eigenvalue weighted by Crippen LogP contribution is 2.25. The van der Waals surface area contributed by atoms with Gasteiger partial charge >= 0.3 is 0 Å². The molecule has 1 N–H and O–H groups in total. The molecule has 1 aromatic heterocycles. The number of rotatable bonds is 8. The summed E-state index contributed by atoms with van der Waals surface area (Å²) < 4.78 is 1.54. The highest BCUT2D eigenvalue weighted by Gasteiger charge is 2.20. The van der Waals surface area contributed by atoms with Crippen molar-refractivity contribution in [2.45, 2.75) is 40.3 Å². The first-order valence-corrected chi connectivity index (χ1v) is 10.8. The molecule has 0 saturated carbocycles. The van der Waals surface area contributed by atoms with Crippen LogP contribution in [0, 0.1) is 34.3 Å². The number of nitriles is 1. The number of carbonyl (C=O) groups is 1. The zero-order valence-corrected chi connectivity index (χ0v) is 19.2. The minimum Gasteiger partial charge on any atom is -0.352 e. The number of nitrogens with one attached hydrogen (secondary N) is 1. The van der Waals surface area contributed by atoms with Crippen LogP contribution in [0.1, 0.15) is 36.4 Å². The van der Waals surface area contributed by atoms with E-state index in [1.165, 1.54) is 22.8 Å². The summed E-state index contributed by atoms with van der Waals surface area (Å²) in [6.07, 6.45) is -0.224. The standard InChI is InChI=1S/C25H25N5O4/c1-16(2)15-29-17(3)28-24(20-5-4-6-21(11-20)30(33)34)22(25(29)32)12-23(31)27-14-19-9-7-18(13-26)8-10-19/h4-11,16H,12,14-15H2,1-3H3,(H,27,31). The number of aryl methyl sites for hydroxylation is 1. The number of nitrogens with zero attached hydrogens (tertiary/aromatic N) is 4. The van der Waals surface area contributed by atoms with Gasteiger partial charge in [-0.15, -0.1) is 0 Å². The number of amides is 1. The number of nitro benzene ring substituents is 1. The first-order chi connectivity index (χ1) is 16.2. The van der Waals surface area contributed by atoms with Crippen LogP contribution in [0.4, 0.5) is 5.69 Å². The molecule has 0 atom stereocenters. The van der Waals surface area contributed by atoms with Crippen LogP contribution in [0.2, 0.25) is 0 Å². The first-order valence-electron chi connectivity index (χ1n) is 10.8. The minimum atomic E-state index is -0.514. The Morgan fingerprint density at radius 2 is 1.94 bits per heavy atom. The molecule has 34 heavy (non-hydrogen) atoms. The van der Waals surface area contributed by atoms with Gasteiger partial charge in [0.25, 0.3) is 11.2 Å². The van der Waals surface area contributed by atoms with E-state index in [1.54, 1.807) is 37.3 Å². The zero-order valence-electron chi connectivity index (χ0n) is 19.2. The number of aromatic nitrogens is 2. The predicted octanol–water partition coefficient (Wildman–Crippen LogP) is 3.51. The molecule has 0 radical (unpaired) electrons. The van der Waals surface area contributed by atoms with Crippen molar-refractivity contribution in [3.63, 3.8) is 0 Å². The molecule has 2 aromatic carbocycles. The quantitative estimate of drug-likeness (QED) is 0.405. The second-order valence-corrected chi connectivity index (χ2v) is 8.37. The summed E-state index contributed by atoms with van der Waals surface area (Å²) in [5.74, 6) is 0.275. The summed E-state index contributed by atoms with van der Waals surface area (Å²) in [6.45, 7) is 6.33. The molecular weight excluding hydrogens is 434 g/mol. The number of benzene rings is 2. The van der Waals surface area contributed by atoms with Crippen molar-refractivity contribution in [1.29, 1.82) is 5.26 Å². The van der Waals surface area contributed by atoms with Crippen LogP contribution in [-0.4, -0.2) is 20.4 Å². The molecule has 3 rings (SSSR count). The number of nitro groups is 1. The Bertz CT molecular complexity index is 1320. The van der Waals surface area contributed by atoms with Gasteiger partial charge in [-0.05, 0) is 30.5 Å². The van der Waals surface area contributed by atoms with E-state index in [4.69, 9.17) is 5.26 Å². The maximum atomic E-state index is 13.4. The average molecular weight is 460 g/mol. The van der Waals surface area contributed by atoms with Crippen LogP contribution >= 0.6 is 0 Å². The van der Waals surface area contributed by atoms with E-state index in [-0.39, 0.29) is 47.3 Å². The normalized spacial score (nSPS) is 10.7. The number of carbonyl (C=O) groups excluding carboxylic acids is 1. The summed E-state index contributed by atoms with van der Waals surface area (Å²) in [4.78, 5) is 41.5. The lowest BCUT2D eigenvalue weighted by atomic mass is 10.0. The maximum absolute atomic E-state index is 13.4. The molecule has 0 aliphatic heterocycles. The van der Waals surface area contributed by atoms with E-state index < -0.39 is 4.92 Å². The van der Waals surface area contributed by atoms with Gasteiger partial charge in [0.1, 0.15) is 5.82 Å². The number of hydrogen-bond donors (Lipinski definition) is 1. The Balaban J connectivity index is 1.96. The molecule has 174 valence electrons. The molecule has 0 fully saturated rings. The van der Waals surface area contributed by atoms with Gasteiger partial charge < -0.3 is 5.32 Å². The van der Waals surface area contributed by atoms with Gasteiger partial charge in [0.05, 0.1) is 34.2 Å². The van der Waals surface area contributed by atoms with Crippen molar-refractivity contribution in [3.05, 3.63) is 91.5 Å². The van der Waals surface area contributed by atoms with Crippen molar-refractivity contribution >= 4 is 11.6 Å². The lowest BCUT2D eigenvalue weighted by Gasteiger charge is -2.17. The molecule has 0 unspecified atom stereocenters. The Morgan fingerprint density at radius 1 is 1.24 bits per heavy atom. The summed E-state index contributed by atoms with van der Waals surface area (Å²) in [5, 5.41) is 22.9. The zero-order chi connectivity index (χ0) is 24.8. The topological polar surface area (TPSA) is 131 Å². The summed E-state index contributed by atoms with van der Waals surface area (Å²) in [6, 6.07) is 14.7. The molecular formula is C25H25N5O4. The third-order valence-corrected chi connectivity index (χ3v) is 5.24. The fourth-order valence-corrected chi connectivity index (χ4v) is 3.57. The van der Waals surface area contributed by atoms with E-state index in [0.29, 0.717) is 23.5 Å². The largest absolute Gasteiger partial charge is 0.352 e. The molecule has 0 bridgehead atoms. The SMILES string of the molecule is Cc1nc(-c2cccc([N+](=O)[O-])c2)c(CC(=O)NCc2ccc(C#N)cc2)c(=O)n1CC(C)C. The van der Waals surface area contributed by atoms with Crippen LogP contribution in [-0.2, 0) is 24.3 Å². The smallest absolute Gasteiger partial charge is 0.270 e. The Kier molecular flexibility index (Phi) is 7.53. The lowest BCUT2D eigenvalue weighted by Crippen LogP contribution is -2.33. The van der Waals surface area contributed by atoms with E-state index in [9.17, 15) is 19.7 Å². The van der Waals surface area contributed by atoms with E-state index in [1.807, 2.05) is 19.9 Å². The monoisotopic (exact) mass is 459 g/mol.